The van der Waals surface area contributed by atoms with Crippen molar-refractivity contribution in [3.63, 3.8) is 0 Å². The summed E-state index contributed by atoms with van der Waals surface area (Å²) in [6.45, 7) is 1.81. The number of rotatable bonds is 1. The first-order chi connectivity index (χ1) is 6.88. The summed E-state index contributed by atoms with van der Waals surface area (Å²) in [7, 11) is 0. The summed E-state index contributed by atoms with van der Waals surface area (Å²) in [6, 6.07) is 10.4. The molecule has 2 heteroatoms. The lowest BCUT2D eigenvalue weighted by Gasteiger charge is -2.26. The van der Waals surface area contributed by atoms with Crippen LogP contribution in [0.2, 0.25) is 0 Å². The van der Waals surface area contributed by atoms with E-state index in [-0.39, 0.29) is 5.91 Å². The molecule has 0 unspecified atom stereocenters. The fraction of sp³-hybridized carbons (Fsp3) is 0.417. The van der Waals surface area contributed by atoms with E-state index in [0.29, 0.717) is 5.56 Å². The average molecular weight is 188 g/mol. The first-order valence-electron chi connectivity index (χ1n) is 5.14. The first kappa shape index (κ1) is 9.25. The molecule has 2 nitrogen and oxygen atoms in total. The SMILES string of the molecule is O=C(c1[c]cccc1)N1CCCCC1. The third-order valence-corrected chi connectivity index (χ3v) is 2.58. The molecule has 1 aliphatic heterocycles. The summed E-state index contributed by atoms with van der Waals surface area (Å²) in [4.78, 5) is 13.8. The van der Waals surface area contributed by atoms with E-state index >= 15 is 0 Å². The quantitative estimate of drug-likeness (QED) is 0.661. The van der Waals surface area contributed by atoms with Crippen LogP contribution in [0.5, 0.6) is 0 Å². The van der Waals surface area contributed by atoms with E-state index in [0.717, 1.165) is 25.9 Å². The zero-order chi connectivity index (χ0) is 9.80. The van der Waals surface area contributed by atoms with Gasteiger partial charge in [-0.15, -0.1) is 0 Å². The molecule has 0 atom stereocenters. The van der Waals surface area contributed by atoms with Crippen LogP contribution in [0.3, 0.4) is 0 Å². The zero-order valence-electron chi connectivity index (χ0n) is 8.20. The molecule has 1 heterocycles. The number of hydrogen-bond donors (Lipinski definition) is 0. The van der Waals surface area contributed by atoms with Crippen molar-refractivity contribution in [1.82, 2.24) is 4.90 Å². The van der Waals surface area contributed by atoms with Crippen molar-refractivity contribution in [2.24, 2.45) is 0 Å². The van der Waals surface area contributed by atoms with E-state index in [1.807, 2.05) is 23.1 Å². The normalized spacial score (nSPS) is 16.7. The molecule has 14 heavy (non-hydrogen) atoms. The first-order valence-corrected chi connectivity index (χ1v) is 5.14. The number of hydrogen-bond acceptors (Lipinski definition) is 1. The van der Waals surface area contributed by atoms with Crippen molar-refractivity contribution in [1.29, 1.82) is 0 Å². The standard InChI is InChI=1S/C12H14NO/c14-12(11-7-3-1-4-8-11)13-9-5-2-6-10-13/h1,3-4,7H,2,5-6,9-10H2. The van der Waals surface area contributed by atoms with Gasteiger partial charge in [0.2, 0.25) is 0 Å². The highest BCUT2D eigenvalue weighted by Gasteiger charge is 2.17. The van der Waals surface area contributed by atoms with E-state index < -0.39 is 0 Å². The minimum Gasteiger partial charge on any atom is -0.339 e. The number of benzene rings is 1. The highest BCUT2D eigenvalue weighted by atomic mass is 16.2. The molecule has 73 valence electrons. The topological polar surface area (TPSA) is 20.3 Å². The Bertz CT molecular complexity index is 301. The summed E-state index contributed by atoms with van der Waals surface area (Å²) in [5.74, 6) is 0.130. The molecule has 2 rings (SSSR count). The Hall–Kier alpha value is -1.31. The fourth-order valence-corrected chi connectivity index (χ4v) is 1.79. The Morgan fingerprint density at radius 3 is 2.64 bits per heavy atom. The maximum atomic E-state index is 11.9. The molecule has 1 radical (unpaired) electrons. The van der Waals surface area contributed by atoms with Crippen molar-refractivity contribution in [3.8, 4) is 0 Å². The van der Waals surface area contributed by atoms with Gasteiger partial charge in [-0.3, -0.25) is 4.79 Å². The van der Waals surface area contributed by atoms with Crippen LogP contribution in [0, 0.1) is 6.07 Å². The monoisotopic (exact) mass is 188 g/mol. The van der Waals surface area contributed by atoms with Gasteiger partial charge < -0.3 is 4.90 Å². The lowest BCUT2D eigenvalue weighted by Crippen LogP contribution is -2.35. The zero-order valence-corrected chi connectivity index (χ0v) is 8.20. The lowest BCUT2D eigenvalue weighted by molar-refractivity contribution is 0.0724. The van der Waals surface area contributed by atoms with E-state index in [1.165, 1.54) is 6.42 Å². The third kappa shape index (κ3) is 1.95. The summed E-state index contributed by atoms with van der Waals surface area (Å²) in [5, 5.41) is 0. The Balaban J connectivity index is 2.07. The van der Waals surface area contributed by atoms with Crippen LogP contribution in [-0.2, 0) is 0 Å². The van der Waals surface area contributed by atoms with Crippen molar-refractivity contribution in [2.45, 2.75) is 19.3 Å². The largest absolute Gasteiger partial charge is 0.339 e. The number of nitrogens with zero attached hydrogens (tertiary/aromatic N) is 1. The molecule has 1 saturated heterocycles. The number of carbonyl (C=O) groups is 1. The molecule has 1 aromatic carbocycles. The fourth-order valence-electron chi connectivity index (χ4n) is 1.79. The van der Waals surface area contributed by atoms with Gasteiger partial charge in [-0.2, -0.15) is 0 Å². The smallest absolute Gasteiger partial charge is 0.254 e. The number of piperidine rings is 1. The van der Waals surface area contributed by atoms with Gasteiger partial charge in [0.15, 0.2) is 0 Å². The summed E-state index contributed by atoms with van der Waals surface area (Å²) < 4.78 is 0. The predicted octanol–water partition coefficient (Wildman–Crippen LogP) is 2.11. The van der Waals surface area contributed by atoms with Crippen molar-refractivity contribution >= 4 is 5.91 Å². The van der Waals surface area contributed by atoms with Gasteiger partial charge in [0.1, 0.15) is 0 Å². The Morgan fingerprint density at radius 2 is 2.00 bits per heavy atom. The minimum absolute atomic E-state index is 0.130. The van der Waals surface area contributed by atoms with E-state index in [4.69, 9.17) is 0 Å². The maximum absolute atomic E-state index is 11.9. The summed E-state index contributed by atoms with van der Waals surface area (Å²) in [5.41, 5.74) is 0.689. The molecule has 1 aliphatic rings. The van der Waals surface area contributed by atoms with Crippen LogP contribution in [0.4, 0.5) is 0 Å². The van der Waals surface area contributed by atoms with Gasteiger partial charge >= 0.3 is 0 Å². The molecule has 0 N–H and O–H groups in total. The van der Waals surface area contributed by atoms with Gasteiger partial charge in [0.05, 0.1) is 0 Å². The highest BCUT2D eigenvalue weighted by Crippen LogP contribution is 2.12. The molecule has 1 amide bonds. The molecule has 0 spiro atoms. The summed E-state index contributed by atoms with van der Waals surface area (Å²) >= 11 is 0. The van der Waals surface area contributed by atoms with Gasteiger partial charge in [-0.1, -0.05) is 18.2 Å². The van der Waals surface area contributed by atoms with E-state index in [9.17, 15) is 4.79 Å². The summed E-state index contributed by atoms with van der Waals surface area (Å²) in [6.07, 6.45) is 3.53. The second-order valence-corrected chi connectivity index (χ2v) is 3.63. The Labute approximate surface area is 84.5 Å². The van der Waals surface area contributed by atoms with Gasteiger partial charge in [-0.25, -0.2) is 0 Å². The average Bonchev–Trinajstić information content (AvgIpc) is 2.30. The van der Waals surface area contributed by atoms with Crippen LogP contribution in [-0.4, -0.2) is 23.9 Å². The molecular formula is C12H14NO. The van der Waals surface area contributed by atoms with Crippen LogP contribution in [0.15, 0.2) is 24.3 Å². The predicted molar refractivity (Wildman–Crippen MR) is 55.0 cm³/mol. The van der Waals surface area contributed by atoms with Crippen LogP contribution >= 0.6 is 0 Å². The number of amides is 1. The Kier molecular flexibility index (Phi) is 2.82. The van der Waals surface area contributed by atoms with Crippen LogP contribution in [0.1, 0.15) is 29.6 Å². The number of carbonyl (C=O) groups excluding carboxylic acids is 1. The highest BCUT2D eigenvalue weighted by molar-refractivity contribution is 5.93. The van der Waals surface area contributed by atoms with Crippen molar-refractivity contribution in [2.75, 3.05) is 13.1 Å². The molecule has 0 aliphatic carbocycles. The maximum Gasteiger partial charge on any atom is 0.254 e. The molecule has 0 aromatic heterocycles. The van der Waals surface area contributed by atoms with Gasteiger partial charge in [-0.05, 0) is 31.4 Å². The number of likely N-dealkylation sites (tertiary alicyclic amines) is 1. The molecular weight excluding hydrogens is 174 g/mol. The second kappa shape index (κ2) is 4.27. The van der Waals surface area contributed by atoms with Gasteiger partial charge in [0.25, 0.3) is 5.91 Å². The third-order valence-electron chi connectivity index (χ3n) is 2.58. The van der Waals surface area contributed by atoms with Crippen LogP contribution < -0.4 is 0 Å². The van der Waals surface area contributed by atoms with E-state index in [2.05, 4.69) is 6.07 Å². The lowest BCUT2D eigenvalue weighted by atomic mass is 10.1. The van der Waals surface area contributed by atoms with Crippen molar-refractivity contribution < 1.29 is 4.79 Å². The molecule has 0 saturated carbocycles. The van der Waals surface area contributed by atoms with Crippen LogP contribution in [0.25, 0.3) is 0 Å². The van der Waals surface area contributed by atoms with E-state index in [1.54, 1.807) is 6.07 Å². The minimum atomic E-state index is 0.130. The Morgan fingerprint density at radius 1 is 1.21 bits per heavy atom. The molecule has 1 aromatic rings. The van der Waals surface area contributed by atoms with Gasteiger partial charge in [0, 0.05) is 18.7 Å². The molecule has 1 fully saturated rings. The van der Waals surface area contributed by atoms with Crippen molar-refractivity contribution in [3.05, 3.63) is 35.9 Å². The second-order valence-electron chi connectivity index (χ2n) is 3.63. The molecule has 0 bridgehead atoms.